The quantitative estimate of drug-likeness (QED) is 0.742. The van der Waals surface area contributed by atoms with E-state index in [1.165, 1.54) is 19.1 Å². The van der Waals surface area contributed by atoms with Crippen LogP contribution in [0.2, 0.25) is 0 Å². The molecule has 8 heteroatoms. The number of carboxylic acids is 1. The van der Waals surface area contributed by atoms with Crippen molar-refractivity contribution in [3.05, 3.63) is 48.0 Å². The minimum Gasteiger partial charge on any atom is -0.497 e. The molecule has 1 saturated heterocycles. The van der Waals surface area contributed by atoms with Crippen LogP contribution in [-0.2, 0) is 20.8 Å². The second-order valence-corrected chi connectivity index (χ2v) is 6.66. The second kappa shape index (κ2) is 8.64. The molecule has 1 heterocycles. The first-order chi connectivity index (χ1) is 13.9. The molecule has 0 radical (unpaired) electrons. The van der Waals surface area contributed by atoms with Gasteiger partial charge in [-0.05, 0) is 23.8 Å². The molecule has 2 amide bonds. The third kappa shape index (κ3) is 4.48. The van der Waals surface area contributed by atoms with E-state index in [1.807, 2.05) is 0 Å². The summed E-state index contributed by atoms with van der Waals surface area (Å²) in [6.07, 6.45) is -0.142. The summed E-state index contributed by atoms with van der Waals surface area (Å²) in [6, 6.07) is 11.9. The zero-order valence-corrected chi connectivity index (χ0v) is 16.2. The monoisotopic (exact) mass is 398 g/mol. The molecule has 1 atom stereocenters. The van der Waals surface area contributed by atoms with Gasteiger partial charge < -0.3 is 24.8 Å². The van der Waals surface area contributed by atoms with Crippen LogP contribution in [0.5, 0.6) is 11.5 Å². The molecular weight excluding hydrogens is 376 g/mol. The van der Waals surface area contributed by atoms with Crippen molar-refractivity contribution in [2.24, 2.45) is 5.92 Å². The molecule has 2 aromatic carbocycles. The molecular formula is C21H22N2O6. The first-order valence-electron chi connectivity index (χ1n) is 9.06. The number of nitrogens with one attached hydrogen (secondary N) is 1. The Hall–Kier alpha value is -3.55. The van der Waals surface area contributed by atoms with Gasteiger partial charge in [-0.1, -0.05) is 18.2 Å². The van der Waals surface area contributed by atoms with Crippen LogP contribution >= 0.6 is 0 Å². The van der Waals surface area contributed by atoms with Gasteiger partial charge in [-0.3, -0.25) is 14.4 Å². The molecule has 0 saturated carbocycles. The highest BCUT2D eigenvalue weighted by Gasteiger charge is 2.36. The van der Waals surface area contributed by atoms with Gasteiger partial charge in [0.1, 0.15) is 11.5 Å². The Morgan fingerprint density at radius 1 is 1.17 bits per heavy atom. The van der Waals surface area contributed by atoms with Gasteiger partial charge in [-0.2, -0.15) is 0 Å². The standard InChI is InChI=1S/C21H22N2O6/c1-28-15-7-8-17(18(11-15)29-2)23-12-14(9-19(23)24)21(27)22-16-6-4-3-5-13(16)10-20(25)26/h3-8,11,14H,9-10,12H2,1-2H3,(H,22,27)(H,25,26). The molecule has 1 unspecified atom stereocenters. The number of carbonyl (C=O) groups excluding carboxylic acids is 2. The Balaban J connectivity index is 1.76. The van der Waals surface area contributed by atoms with Crippen LogP contribution in [-0.4, -0.2) is 43.7 Å². The van der Waals surface area contributed by atoms with Crippen LogP contribution in [0.4, 0.5) is 11.4 Å². The average Bonchev–Trinajstić information content (AvgIpc) is 3.10. The minimum absolute atomic E-state index is 0.0577. The third-order valence-corrected chi connectivity index (χ3v) is 4.79. The van der Waals surface area contributed by atoms with Crippen LogP contribution in [0.25, 0.3) is 0 Å². The number of ether oxygens (including phenoxy) is 2. The second-order valence-electron chi connectivity index (χ2n) is 6.66. The molecule has 0 bridgehead atoms. The number of anilines is 2. The van der Waals surface area contributed by atoms with E-state index in [0.717, 1.165) is 0 Å². The van der Waals surface area contributed by atoms with E-state index in [-0.39, 0.29) is 31.2 Å². The van der Waals surface area contributed by atoms with Gasteiger partial charge in [-0.15, -0.1) is 0 Å². The van der Waals surface area contributed by atoms with Gasteiger partial charge in [0.15, 0.2) is 0 Å². The average molecular weight is 398 g/mol. The first kappa shape index (κ1) is 20.2. The van der Waals surface area contributed by atoms with E-state index in [2.05, 4.69) is 5.32 Å². The van der Waals surface area contributed by atoms with Crippen molar-refractivity contribution in [1.82, 2.24) is 0 Å². The number of hydrogen-bond acceptors (Lipinski definition) is 5. The third-order valence-electron chi connectivity index (χ3n) is 4.79. The van der Waals surface area contributed by atoms with E-state index < -0.39 is 11.9 Å². The van der Waals surface area contributed by atoms with Gasteiger partial charge in [0.25, 0.3) is 0 Å². The topological polar surface area (TPSA) is 105 Å². The summed E-state index contributed by atoms with van der Waals surface area (Å²) in [7, 11) is 3.04. The molecule has 0 spiro atoms. The van der Waals surface area contributed by atoms with E-state index in [9.17, 15) is 14.4 Å². The number of benzene rings is 2. The summed E-state index contributed by atoms with van der Waals surface area (Å²) in [4.78, 5) is 37.8. The fourth-order valence-corrected chi connectivity index (χ4v) is 3.32. The van der Waals surface area contributed by atoms with Gasteiger partial charge in [0, 0.05) is 24.7 Å². The molecule has 8 nitrogen and oxygen atoms in total. The van der Waals surface area contributed by atoms with Crippen LogP contribution in [0.1, 0.15) is 12.0 Å². The number of hydrogen-bond donors (Lipinski definition) is 2. The number of amides is 2. The highest BCUT2D eigenvalue weighted by atomic mass is 16.5. The Morgan fingerprint density at radius 2 is 1.93 bits per heavy atom. The fraction of sp³-hybridized carbons (Fsp3) is 0.286. The van der Waals surface area contributed by atoms with Crippen molar-refractivity contribution in [3.8, 4) is 11.5 Å². The lowest BCUT2D eigenvalue weighted by Crippen LogP contribution is -2.28. The van der Waals surface area contributed by atoms with Gasteiger partial charge in [0.2, 0.25) is 11.8 Å². The molecule has 152 valence electrons. The Bertz CT molecular complexity index is 943. The summed E-state index contributed by atoms with van der Waals surface area (Å²) >= 11 is 0. The number of methoxy groups -OCH3 is 2. The highest BCUT2D eigenvalue weighted by Crippen LogP contribution is 2.36. The lowest BCUT2D eigenvalue weighted by molar-refractivity contribution is -0.136. The maximum absolute atomic E-state index is 12.7. The summed E-state index contributed by atoms with van der Waals surface area (Å²) < 4.78 is 10.5. The zero-order chi connectivity index (χ0) is 21.0. The van der Waals surface area contributed by atoms with Gasteiger partial charge >= 0.3 is 5.97 Å². The molecule has 3 rings (SSSR count). The maximum atomic E-state index is 12.7. The van der Waals surface area contributed by atoms with Crippen molar-refractivity contribution in [2.45, 2.75) is 12.8 Å². The predicted molar refractivity (Wildman–Crippen MR) is 106 cm³/mol. The minimum atomic E-state index is -0.986. The van der Waals surface area contributed by atoms with E-state index in [0.29, 0.717) is 28.4 Å². The summed E-state index contributed by atoms with van der Waals surface area (Å²) in [5.74, 6) is -0.988. The Morgan fingerprint density at radius 3 is 2.62 bits per heavy atom. The van der Waals surface area contributed by atoms with Crippen molar-refractivity contribution >= 4 is 29.2 Å². The van der Waals surface area contributed by atoms with Gasteiger partial charge in [-0.25, -0.2) is 0 Å². The number of para-hydroxylation sites is 1. The van der Waals surface area contributed by atoms with Crippen LogP contribution in [0.15, 0.2) is 42.5 Å². The van der Waals surface area contributed by atoms with Crippen molar-refractivity contribution in [2.75, 3.05) is 31.0 Å². The summed E-state index contributed by atoms with van der Waals surface area (Å²) in [5, 5.41) is 11.8. The van der Waals surface area contributed by atoms with Gasteiger partial charge in [0.05, 0.1) is 32.2 Å². The summed E-state index contributed by atoms with van der Waals surface area (Å²) in [6.45, 7) is 0.203. The maximum Gasteiger partial charge on any atom is 0.307 e. The van der Waals surface area contributed by atoms with E-state index >= 15 is 0 Å². The van der Waals surface area contributed by atoms with Crippen LogP contribution < -0.4 is 19.7 Å². The molecule has 2 N–H and O–H groups in total. The number of carboxylic acid groups (broad SMARTS) is 1. The van der Waals surface area contributed by atoms with Crippen molar-refractivity contribution in [3.63, 3.8) is 0 Å². The van der Waals surface area contributed by atoms with Crippen LogP contribution in [0, 0.1) is 5.92 Å². The molecule has 0 aromatic heterocycles. The lowest BCUT2D eigenvalue weighted by Gasteiger charge is -2.20. The first-order valence-corrected chi connectivity index (χ1v) is 9.06. The number of nitrogens with zero attached hydrogens (tertiary/aromatic N) is 1. The van der Waals surface area contributed by atoms with E-state index in [1.54, 1.807) is 42.5 Å². The predicted octanol–water partition coefficient (Wildman–Crippen LogP) is 2.32. The molecule has 1 aliphatic rings. The molecule has 0 aliphatic carbocycles. The Kier molecular flexibility index (Phi) is 6.01. The number of carbonyl (C=O) groups is 3. The zero-order valence-electron chi connectivity index (χ0n) is 16.2. The van der Waals surface area contributed by atoms with Crippen LogP contribution in [0.3, 0.4) is 0 Å². The molecule has 1 fully saturated rings. The van der Waals surface area contributed by atoms with Crippen molar-refractivity contribution < 1.29 is 29.0 Å². The summed E-state index contributed by atoms with van der Waals surface area (Å²) in [5.41, 5.74) is 1.51. The SMILES string of the molecule is COc1ccc(N2CC(C(=O)Nc3ccccc3CC(=O)O)CC2=O)c(OC)c1. The smallest absolute Gasteiger partial charge is 0.307 e. The normalized spacial score (nSPS) is 15.9. The highest BCUT2D eigenvalue weighted by molar-refractivity contribution is 6.04. The van der Waals surface area contributed by atoms with Crippen molar-refractivity contribution in [1.29, 1.82) is 0 Å². The largest absolute Gasteiger partial charge is 0.497 e. The molecule has 1 aliphatic heterocycles. The Labute approximate surface area is 168 Å². The lowest BCUT2D eigenvalue weighted by atomic mass is 10.1. The van der Waals surface area contributed by atoms with E-state index in [4.69, 9.17) is 14.6 Å². The number of rotatable bonds is 7. The fourth-order valence-electron chi connectivity index (χ4n) is 3.32. The number of aliphatic carboxylic acids is 1. The molecule has 29 heavy (non-hydrogen) atoms. The molecule has 2 aromatic rings.